The molecule has 2 N–H and O–H groups in total. The second-order valence-corrected chi connectivity index (χ2v) is 8.60. The van der Waals surface area contributed by atoms with E-state index in [-0.39, 0.29) is 30.4 Å². The Bertz CT molecular complexity index is 967. The first-order valence-corrected chi connectivity index (χ1v) is 11.3. The molecule has 0 aliphatic heterocycles. The van der Waals surface area contributed by atoms with Crippen LogP contribution in [0.1, 0.15) is 82.1 Å². The van der Waals surface area contributed by atoms with E-state index < -0.39 is 17.9 Å². The van der Waals surface area contributed by atoms with Crippen LogP contribution in [0.4, 0.5) is 13.2 Å². The highest BCUT2D eigenvalue weighted by molar-refractivity contribution is 5.76. The van der Waals surface area contributed by atoms with E-state index in [0.717, 1.165) is 38.5 Å². The third kappa shape index (κ3) is 7.19. The van der Waals surface area contributed by atoms with E-state index in [2.05, 4.69) is 25.5 Å². The Morgan fingerprint density at radius 1 is 1.15 bits per heavy atom. The zero-order chi connectivity index (χ0) is 24.8. The Morgan fingerprint density at radius 3 is 2.38 bits per heavy atom. The highest BCUT2D eigenvalue weighted by Gasteiger charge is 2.38. The molecule has 0 saturated heterocycles. The molecular weight excluding hydrogens is 453 g/mol. The summed E-state index contributed by atoms with van der Waals surface area (Å²) in [6.45, 7) is 3.20. The average Bonchev–Trinajstić information content (AvgIpc) is 3.11. The van der Waals surface area contributed by atoms with E-state index in [1.165, 1.54) is 31.2 Å². The van der Waals surface area contributed by atoms with Gasteiger partial charge >= 0.3 is 6.36 Å². The molecule has 1 saturated carbocycles. The summed E-state index contributed by atoms with van der Waals surface area (Å²) < 4.78 is 46.1. The first kappa shape index (κ1) is 25.5. The number of benzene rings is 1. The van der Waals surface area contributed by atoms with Crippen LogP contribution in [0.3, 0.4) is 0 Å². The van der Waals surface area contributed by atoms with E-state index >= 15 is 0 Å². The van der Waals surface area contributed by atoms with Crippen LogP contribution < -0.4 is 15.4 Å². The van der Waals surface area contributed by atoms with Crippen LogP contribution in [0, 0.1) is 0 Å². The fraction of sp³-hybridized carbons (Fsp3) is 0.565. The number of aromatic nitrogens is 2. The predicted octanol–water partition coefficient (Wildman–Crippen LogP) is 4.46. The molecule has 1 unspecified atom stereocenters. The average molecular weight is 483 g/mol. The molecule has 3 rings (SSSR count). The number of carbonyl (C=O) groups excluding carboxylic acids is 2. The van der Waals surface area contributed by atoms with Crippen molar-refractivity contribution in [2.75, 3.05) is 0 Å². The first-order valence-electron chi connectivity index (χ1n) is 11.3. The summed E-state index contributed by atoms with van der Waals surface area (Å²) >= 11 is 0. The van der Waals surface area contributed by atoms with Gasteiger partial charge in [0.15, 0.2) is 5.82 Å². The third-order valence-electron chi connectivity index (χ3n) is 5.83. The van der Waals surface area contributed by atoms with Crippen LogP contribution in [0.15, 0.2) is 28.8 Å². The van der Waals surface area contributed by atoms with E-state index in [1.54, 1.807) is 6.92 Å². The molecule has 34 heavy (non-hydrogen) atoms. The van der Waals surface area contributed by atoms with Gasteiger partial charge in [0, 0.05) is 19.8 Å². The summed E-state index contributed by atoms with van der Waals surface area (Å²) in [5.41, 5.74) is -0.0170. The predicted molar refractivity (Wildman–Crippen MR) is 115 cm³/mol. The summed E-state index contributed by atoms with van der Waals surface area (Å²) in [5, 5.41) is 9.92. The summed E-state index contributed by atoms with van der Waals surface area (Å²) in [5.74, 6) is -0.00354. The zero-order valence-corrected chi connectivity index (χ0v) is 19.2. The number of nitrogens with one attached hydrogen (secondary N) is 2. The molecule has 1 heterocycles. The van der Waals surface area contributed by atoms with Gasteiger partial charge in [0.25, 0.3) is 0 Å². The quantitative estimate of drug-likeness (QED) is 0.538. The second-order valence-electron chi connectivity index (χ2n) is 8.60. The number of rotatable bonds is 8. The number of hydrogen-bond donors (Lipinski definition) is 2. The molecule has 11 heteroatoms. The van der Waals surface area contributed by atoms with Crippen LogP contribution in [-0.2, 0) is 21.5 Å². The van der Waals surface area contributed by atoms with Crippen LogP contribution in [0.5, 0.6) is 5.75 Å². The van der Waals surface area contributed by atoms with Gasteiger partial charge in [-0.3, -0.25) is 9.59 Å². The van der Waals surface area contributed by atoms with Crippen molar-refractivity contribution < 1.29 is 32.0 Å². The first-order chi connectivity index (χ1) is 16.1. The lowest BCUT2D eigenvalue weighted by atomic mass is 9.89. The lowest BCUT2D eigenvalue weighted by Gasteiger charge is -2.30. The van der Waals surface area contributed by atoms with Crippen LogP contribution in [0.2, 0.25) is 0 Å². The standard InChI is InChI=1S/C23H29F3N4O4/c1-15(17-7-9-18(10-8-17)33-23(24,25)26)27-19(32)11-12-20-28-21(30-34-20)22(29-16(2)31)13-5-3-4-6-14-22/h7-10,15H,3-6,11-14H2,1-2H3,(H,27,32)(H,29,31). The van der Waals surface area contributed by atoms with E-state index in [1.807, 2.05) is 0 Å². The molecule has 0 radical (unpaired) electrons. The van der Waals surface area contributed by atoms with Crippen LogP contribution in [-0.4, -0.2) is 28.3 Å². The lowest BCUT2D eigenvalue weighted by Crippen LogP contribution is -2.45. The molecular formula is C23H29F3N4O4. The van der Waals surface area contributed by atoms with Gasteiger partial charge in [0.1, 0.15) is 11.3 Å². The fourth-order valence-corrected chi connectivity index (χ4v) is 4.20. The third-order valence-corrected chi connectivity index (χ3v) is 5.83. The number of ether oxygens (including phenoxy) is 1. The normalized spacial score (nSPS) is 16.9. The number of hydrogen-bond acceptors (Lipinski definition) is 6. The van der Waals surface area contributed by atoms with Gasteiger partial charge < -0.3 is 19.9 Å². The molecule has 0 spiro atoms. The van der Waals surface area contributed by atoms with Crippen molar-refractivity contribution in [3.05, 3.63) is 41.5 Å². The molecule has 2 amide bonds. The van der Waals surface area contributed by atoms with E-state index in [9.17, 15) is 22.8 Å². The van der Waals surface area contributed by atoms with Gasteiger partial charge in [-0.2, -0.15) is 4.98 Å². The van der Waals surface area contributed by atoms with Gasteiger partial charge in [0.2, 0.25) is 17.7 Å². The zero-order valence-electron chi connectivity index (χ0n) is 19.2. The summed E-state index contributed by atoms with van der Waals surface area (Å²) in [4.78, 5) is 28.7. The smallest absolute Gasteiger partial charge is 0.406 e. The highest BCUT2D eigenvalue weighted by Crippen LogP contribution is 2.34. The van der Waals surface area contributed by atoms with Crippen LogP contribution in [0.25, 0.3) is 0 Å². The van der Waals surface area contributed by atoms with Crippen LogP contribution >= 0.6 is 0 Å². The Kier molecular flexibility index (Phi) is 8.16. The minimum Gasteiger partial charge on any atom is -0.406 e. The second kappa shape index (κ2) is 10.9. The number of nitrogens with zero attached hydrogens (tertiary/aromatic N) is 2. The molecule has 1 aliphatic rings. The Labute approximate surface area is 195 Å². The lowest BCUT2D eigenvalue weighted by molar-refractivity contribution is -0.274. The summed E-state index contributed by atoms with van der Waals surface area (Å²) in [6, 6.07) is 4.91. The molecule has 1 atom stereocenters. The minimum atomic E-state index is -4.76. The Morgan fingerprint density at radius 2 is 1.79 bits per heavy atom. The van der Waals surface area contributed by atoms with Gasteiger partial charge in [-0.1, -0.05) is 43.0 Å². The van der Waals surface area contributed by atoms with Gasteiger partial charge in [0.05, 0.1) is 6.04 Å². The van der Waals surface area contributed by atoms with Crippen molar-refractivity contribution in [2.45, 2.75) is 83.2 Å². The van der Waals surface area contributed by atoms with Crippen molar-refractivity contribution in [3.8, 4) is 5.75 Å². The Hall–Kier alpha value is -3.11. The van der Waals surface area contributed by atoms with E-state index in [0.29, 0.717) is 17.3 Å². The van der Waals surface area contributed by atoms with Crippen molar-refractivity contribution in [1.82, 2.24) is 20.8 Å². The number of aryl methyl sites for hydroxylation is 1. The largest absolute Gasteiger partial charge is 0.573 e. The Balaban J connectivity index is 1.55. The van der Waals surface area contributed by atoms with Crippen molar-refractivity contribution >= 4 is 11.8 Å². The van der Waals surface area contributed by atoms with Gasteiger partial charge in [-0.05, 0) is 37.5 Å². The molecule has 186 valence electrons. The van der Waals surface area contributed by atoms with Crippen molar-refractivity contribution in [2.24, 2.45) is 0 Å². The number of carbonyl (C=O) groups is 2. The van der Waals surface area contributed by atoms with E-state index in [4.69, 9.17) is 4.52 Å². The monoisotopic (exact) mass is 482 g/mol. The maximum atomic E-state index is 12.4. The molecule has 0 bridgehead atoms. The maximum Gasteiger partial charge on any atom is 0.573 e. The fourth-order valence-electron chi connectivity index (χ4n) is 4.20. The highest BCUT2D eigenvalue weighted by atomic mass is 19.4. The number of halogens is 3. The topological polar surface area (TPSA) is 106 Å². The van der Waals surface area contributed by atoms with Crippen molar-refractivity contribution in [1.29, 1.82) is 0 Å². The molecule has 1 aliphatic carbocycles. The molecule has 1 aromatic heterocycles. The van der Waals surface area contributed by atoms with Gasteiger partial charge in [-0.25, -0.2) is 0 Å². The SMILES string of the molecule is CC(=O)NC1(c2noc(CCC(=O)NC(C)c3ccc(OC(F)(F)F)cc3)n2)CCCCCC1. The maximum absolute atomic E-state index is 12.4. The summed E-state index contributed by atoms with van der Waals surface area (Å²) in [6.07, 6.45) is 1.10. The van der Waals surface area contributed by atoms with Crippen molar-refractivity contribution in [3.63, 3.8) is 0 Å². The number of alkyl halides is 3. The molecule has 8 nitrogen and oxygen atoms in total. The minimum absolute atomic E-state index is 0.0916. The molecule has 2 aromatic rings. The summed E-state index contributed by atoms with van der Waals surface area (Å²) in [7, 11) is 0. The molecule has 1 aromatic carbocycles. The molecule has 1 fully saturated rings. The van der Waals surface area contributed by atoms with Gasteiger partial charge in [-0.15, -0.1) is 13.2 Å². The number of amides is 2.